The van der Waals surface area contributed by atoms with Crippen LogP contribution < -0.4 is 19.7 Å². The number of para-hydroxylation sites is 2. The van der Waals surface area contributed by atoms with Crippen LogP contribution in [-0.2, 0) is 9.53 Å². The second kappa shape index (κ2) is 11.3. The van der Waals surface area contributed by atoms with E-state index in [-0.39, 0.29) is 11.9 Å². The number of carbonyl (C=O) groups excluding carboxylic acids is 1. The summed E-state index contributed by atoms with van der Waals surface area (Å²) >= 11 is 1.77. The lowest BCUT2D eigenvalue weighted by Crippen LogP contribution is -2.31. The summed E-state index contributed by atoms with van der Waals surface area (Å²) in [5, 5.41) is 3.12. The number of benzene rings is 3. The Hall–Kier alpha value is -3.16. The standard InChI is InChI=1S/C27H30N2O4S/c1-19(20-12-13-23(24(18-20)32-3)33-17-16-31-2)28-27(30)14-15-29-21-8-4-6-10-25(21)34-26-11-7-5-9-22(26)29/h4-13,18-19H,14-17H2,1-3H3,(H,28,30). The zero-order chi connectivity index (χ0) is 23.9. The molecule has 0 radical (unpaired) electrons. The number of amides is 1. The number of hydrogen-bond acceptors (Lipinski definition) is 6. The van der Waals surface area contributed by atoms with Gasteiger partial charge in [-0.15, -0.1) is 0 Å². The van der Waals surface area contributed by atoms with E-state index in [1.54, 1.807) is 26.0 Å². The molecule has 0 saturated carbocycles. The molecule has 0 bridgehead atoms. The molecule has 4 rings (SSSR count). The van der Waals surface area contributed by atoms with Gasteiger partial charge in [0.15, 0.2) is 11.5 Å². The highest BCUT2D eigenvalue weighted by Crippen LogP contribution is 2.47. The van der Waals surface area contributed by atoms with Gasteiger partial charge in [-0.1, -0.05) is 42.1 Å². The van der Waals surface area contributed by atoms with Gasteiger partial charge in [0, 0.05) is 29.9 Å². The van der Waals surface area contributed by atoms with Crippen LogP contribution in [0.15, 0.2) is 76.5 Å². The van der Waals surface area contributed by atoms with Gasteiger partial charge in [0.1, 0.15) is 6.61 Å². The number of ether oxygens (including phenoxy) is 3. The van der Waals surface area contributed by atoms with Crippen LogP contribution in [0.1, 0.15) is 24.9 Å². The Morgan fingerprint density at radius 2 is 1.62 bits per heavy atom. The maximum absolute atomic E-state index is 12.9. The molecule has 6 nitrogen and oxygen atoms in total. The zero-order valence-electron chi connectivity index (χ0n) is 19.7. The first kappa shape index (κ1) is 24.0. The third kappa shape index (κ3) is 5.48. The molecule has 0 aliphatic carbocycles. The number of anilines is 2. The van der Waals surface area contributed by atoms with Crippen LogP contribution in [0.25, 0.3) is 0 Å². The normalized spacial score (nSPS) is 13.0. The Labute approximate surface area is 205 Å². The van der Waals surface area contributed by atoms with Crippen molar-refractivity contribution in [2.75, 3.05) is 38.9 Å². The van der Waals surface area contributed by atoms with E-state index in [0.717, 1.165) is 16.9 Å². The topological polar surface area (TPSA) is 60.0 Å². The Morgan fingerprint density at radius 1 is 0.941 bits per heavy atom. The highest BCUT2D eigenvalue weighted by molar-refractivity contribution is 7.99. The third-order valence-corrected chi connectivity index (χ3v) is 6.83. The lowest BCUT2D eigenvalue weighted by molar-refractivity contribution is -0.121. The number of nitrogens with one attached hydrogen (secondary N) is 1. The molecule has 34 heavy (non-hydrogen) atoms. The fourth-order valence-electron chi connectivity index (χ4n) is 3.94. The molecule has 1 unspecified atom stereocenters. The zero-order valence-corrected chi connectivity index (χ0v) is 20.6. The first-order valence-electron chi connectivity index (χ1n) is 11.3. The third-order valence-electron chi connectivity index (χ3n) is 5.70. The maximum Gasteiger partial charge on any atom is 0.222 e. The Kier molecular flexibility index (Phi) is 7.98. The highest BCUT2D eigenvalue weighted by Gasteiger charge is 2.23. The quantitative estimate of drug-likeness (QED) is 0.383. The summed E-state index contributed by atoms with van der Waals surface area (Å²) in [5.74, 6) is 1.29. The number of nitrogens with zero attached hydrogens (tertiary/aromatic N) is 1. The fourth-order valence-corrected chi connectivity index (χ4v) is 5.04. The van der Waals surface area contributed by atoms with Gasteiger partial charge in [-0.2, -0.15) is 0 Å². The van der Waals surface area contributed by atoms with Crippen molar-refractivity contribution in [2.45, 2.75) is 29.2 Å². The molecule has 0 spiro atoms. The van der Waals surface area contributed by atoms with Crippen LogP contribution in [0.3, 0.4) is 0 Å². The summed E-state index contributed by atoms with van der Waals surface area (Å²) in [6.07, 6.45) is 0.382. The van der Waals surface area contributed by atoms with Gasteiger partial charge in [0.25, 0.3) is 0 Å². The number of fused-ring (bicyclic) bond motifs is 2. The van der Waals surface area contributed by atoms with Gasteiger partial charge in [0.05, 0.1) is 31.1 Å². The van der Waals surface area contributed by atoms with E-state index in [1.165, 1.54) is 9.79 Å². The van der Waals surface area contributed by atoms with E-state index in [9.17, 15) is 4.79 Å². The second-order valence-corrected chi connectivity index (χ2v) is 9.06. The van der Waals surface area contributed by atoms with Crippen molar-refractivity contribution in [1.29, 1.82) is 0 Å². The molecule has 0 aromatic heterocycles. The van der Waals surface area contributed by atoms with Gasteiger partial charge in [-0.3, -0.25) is 4.79 Å². The summed E-state index contributed by atoms with van der Waals surface area (Å²) in [5.41, 5.74) is 3.23. The molecule has 178 valence electrons. The molecule has 3 aromatic rings. The second-order valence-electron chi connectivity index (χ2n) is 7.98. The van der Waals surface area contributed by atoms with Crippen molar-refractivity contribution in [3.63, 3.8) is 0 Å². The minimum Gasteiger partial charge on any atom is -0.493 e. The predicted octanol–water partition coefficient (Wildman–Crippen LogP) is 5.59. The predicted molar refractivity (Wildman–Crippen MR) is 136 cm³/mol. The average molecular weight is 479 g/mol. The molecule has 7 heteroatoms. The van der Waals surface area contributed by atoms with Crippen molar-refractivity contribution in [1.82, 2.24) is 5.32 Å². The molecule has 3 aromatic carbocycles. The molecule has 0 fully saturated rings. The van der Waals surface area contributed by atoms with Gasteiger partial charge < -0.3 is 24.4 Å². The summed E-state index contributed by atoms with van der Waals surface area (Å²) in [7, 11) is 3.24. The smallest absolute Gasteiger partial charge is 0.222 e. The number of hydrogen-bond donors (Lipinski definition) is 1. The lowest BCUT2D eigenvalue weighted by Gasteiger charge is -2.32. The molecule has 1 atom stereocenters. The highest BCUT2D eigenvalue weighted by atomic mass is 32.2. The number of rotatable bonds is 10. The van der Waals surface area contributed by atoms with Crippen LogP contribution in [0, 0.1) is 0 Å². The first-order chi connectivity index (χ1) is 16.6. The minimum atomic E-state index is -0.161. The van der Waals surface area contributed by atoms with Gasteiger partial charge in [-0.05, 0) is 48.9 Å². The van der Waals surface area contributed by atoms with E-state index >= 15 is 0 Å². The van der Waals surface area contributed by atoms with Gasteiger partial charge >= 0.3 is 0 Å². The average Bonchev–Trinajstić information content (AvgIpc) is 2.86. The molecule has 1 N–H and O–H groups in total. The van der Waals surface area contributed by atoms with Crippen LogP contribution in [0.2, 0.25) is 0 Å². The van der Waals surface area contributed by atoms with E-state index in [0.29, 0.717) is 37.7 Å². The van der Waals surface area contributed by atoms with Crippen molar-refractivity contribution >= 4 is 29.0 Å². The lowest BCUT2D eigenvalue weighted by atomic mass is 10.1. The largest absolute Gasteiger partial charge is 0.493 e. The number of carbonyl (C=O) groups is 1. The van der Waals surface area contributed by atoms with Crippen LogP contribution in [-0.4, -0.2) is 39.9 Å². The molecule has 1 aliphatic rings. The molecule has 1 aliphatic heterocycles. The van der Waals surface area contributed by atoms with Crippen LogP contribution in [0.5, 0.6) is 11.5 Å². The number of methoxy groups -OCH3 is 2. The van der Waals surface area contributed by atoms with Crippen molar-refractivity contribution in [2.24, 2.45) is 0 Å². The van der Waals surface area contributed by atoms with E-state index < -0.39 is 0 Å². The van der Waals surface area contributed by atoms with Crippen LogP contribution >= 0.6 is 11.8 Å². The van der Waals surface area contributed by atoms with Crippen molar-refractivity contribution in [3.05, 3.63) is 72.3 Å². The molecular formula is C27H30N2O4S. The molecular weight excluding hydrogens is 448 g/mol. The fraction of sp³-hybridized carbons (Fsp3) is 0.296. The van der Waals surface area contributed by atoms with E-state index in [1.807, 2.05) is 37.3 Å². The summed E-state index contributed by atoms with van der Waals surface area (Å²) in [6.45, 7) is 3.52. The van der Waals surface area contributed by atoms with E-state index in [2.05, 4.69) is 46.6 Å². The maximum atomic E-state index is 12.9. The van der Waals surface area contributed by atoms with E-state index in [4.69, 9.17) is 14.2 Å². The van der Waals surface area contributed by atoms with Gasteiger partial charge in [0.2, 0.25) is 5.91 Å². The van der Waals surface area contributed by atoms with Crippen molar-refractivity contribution in [3.8, 4) is 11.5 Å². The minimum absolute atomic E-state index is 0.0000710. The summed E-state index contributed by atoms with van der Waals surface area (Å²) in [4.78, 5) is 17.5. The SMILES string of the molecule is COCCOc1ccc(C(C)NC(=O)CCN2c3ccccc3Sc3ccccc32)cc1OC. The molecule has 1 amide bonds. The van der Waals surface area contributed by atoms with Crippen molar-refractivity contribution < 1.29 is 19.0 Å². The Bertz CT molecular complexity index is 1090. The molecule has 1 heterocycles. The Balaban J connectivity index is 1.40. The molecule has 0 saturated heterocycles. The first-order valence-corrected chi connectivity index (χ1v) is 12.1. The monoisotopic (exact) mass is 478 g/mol. The Morgan fingerprint density at radius 3 is 2.26 bits per heavy atom. The van der Waals surface area contributed by atoms with Gasteiger partial charge in [-0.25, -0.2) is 0 Å². The summed E-state index contributed by atoms with van der Waals surface area (Å²) in [6, 6.07) is 22.2. The van der Waals surface area contributed by atoms with Crippen LogP contribution in [0.4, 0.5) is 11.4 Å². The summed E-state index contributed by atoms with van der Waals surface area (Å²) < 4.78 is 16.2.